The molecule has 0 aliphatic carbocycles. The lowest BCUT2D eigenvalue weighted by Gasteiger charge is -2.01. The first-order chi connectivity index (χ1) is 8.22. The Morgan fingerprint density at radius 2 is 1.88 bits per heavy atom. The molecular formula is C14H11FN2. The van der Waals surface area contributed by atoms with Gasteiger partial charge in [0.1, 0.15) is 11.6 Å². The zero-order valence-electron chi connectivity index (χ0n) is 9.37. The number of aryl methyl sites for hydroxylation is 1. The van der Waals surface area contributed by atoms with E-state index >= 15 is 0 Å². The van der Waals surface area contributed by atoms with Crippen molar-refractivity contribution in [3.63, 3.8) is 0 Å². The SMILES string of the molecule is Cc1nc2cc(-c3cccc(F)c3)ccc2[nH]1. The number of halogens is 1. The summed E-state index contributed by atoms with van der Waals surface area (Å²) in [5, 5.41) is 0. The fraction of sp³-hybridized carbons (Fsp3) is 0.0714. The van der Waals surface area contributed by atoms with Crippen LogP contribution in [-0.4, -0.2) is 9.97 Å². The van der Waals surface area contributed by atoms with Gasteiger partial charge < -0.3 is 4.98 Å². The molecule has 17 heavy (non-hydrogen) atoms. The van der Waals surface area contributed by atoms with Gasteiger partial charge in [-0.15, -0.1) is 0 Å². The van der Waals surface area contributed by atoms with Crippen LogP contribution in [0.15, 0.2) is 42.5 Å². The van der Waals surface area contributed by atoms with E-state index in [1.807, 2.05) is 31.2 Å². The highest BCUT2D eigenvalue weighted by Crippen LogP contribution is 2.23. The monoisotopic (exact) mass is 226 g/mol. The molecule has 0 aliphatic rings. The van der Waals surface area contributed by atoms with Crippen LogP contribution >= 0.6 is 0 Å². The van der Waals surface area contributed by atoms with Crippen LogP contribution in [0.25, 0.3) is 22.2 Å². The summed E-state index contributed by atoms with van der Waals surface area (Å²) in [7, 11) is 0. The van der Waals surface area contributed by atoms with Gasteiger partial charge in [0.25, 0.3) is 0 Å². The fourth-order valence-electron chi connectivity index (χ4n) is 1.98. The van der Waals surface area contributed by atoms with Crippen molar-refractivity contribution in [2.45, 2.75) is 6.92 Å². The first-order valence-corrected chi connectivity index (χ1v) is 5.45. The maximum absolute atomic E-state index is 13.1. The molecule has 0 atom stereocenters. The van der Waals surface area contributed by atoms with Gasteiger partial charge >= 0.3 is 0 Å². The summed E-state index contributed by atoms with van der Waals surface area (Å²) in [5.41, 5.74) is 3.75. The molecule has 0 bridgehead atoms. The molecule has 0 unspecified atom stereocenters. The third-order valence-corrected chi connectivity index (χ3v) is 2.76. The average Bonchev–Trinajstić information content (AvgIpc) is 2.68. The normalized spacial score (nSPS) is 10.9. The smallest absolute Gasteiger partial charge is 0.123 e. The molecule has 0 spiro atoms. The van der Waals surface area contributed by atoms with Gasteiger partial charge in [0, 0.05) is 0 Å². The van der Waals surface area contributed by atoms with Crippen LogP contribution in [0.4, 0.5) is 4.39 Å². The lowest BCUT2D eigenvalue weighted by molar-refractivity contribution is 0.628. The molecule has 0 amide bonds. The van der Waals surface area contributed by atoms with Crippen molar-refractivity contribution in [3.8, 4) is 11.1 Å². The third-order valence-electron chi connectivity index (χ3n) is 2.76. The molecule has 0 saturated carbocycles. The predicted molar refractivity (Wildman–Crippen MR) is 66.2 cm³/mol. The minimum Gasteiger partial charge on any atom is -0.342 e. The fourth-order valence-corrected chi connectivity index (χ4v) is 1.98. The quantitative estimate of drug-likeness (QED) is 0.673. The molecule has 1 heterocycles. The van der Waals surface area contributed by atoms with E-state index in [1.165, 1.54) is 12.1 Å². The van der Waals surface area contributed by atoms with Gasteiger partial charge in [-0.3, -0.25) is 0 Å². The Kier molecular flexibility index (Phi) is 2.18. The van der Waals surface area contributed by atoms with Crippen LogP contribution in [0.5, 0.6) is 0 Å². The van der Waals surface area contributed by atoms with Gasteiger partial charge in [0.05, 0.1) is 11.0 Å². The summed E-state index contributed by atoms with van der Waals surface area (Å²) in [6.45, 7) is 1.92. The van der Waals surface area contributed by atoms with Crippen LogP contribution in [0, 0.1) is 12.7 Å². The molecule has 3 rings (SSSR count). The highest BCUT2D eigenvalue weighted by Gasteiger charge is 2.03. The Hall–Kier alpha value is -2.16. The highest BCUT2D eigenvalue weighted by molar-refractivity contribution is 5.81. The second-order valence-electron chi connectivity index (χ2n) is 4.06. The second kappa shape index (κ2) is 3.70. The molecule has 1 aromatic heterocycles. The Balaban J connectivity index is 2.17. The van der Waals surface area contributed by atoms with E-state index in [4.69, 9.17) is 0 Å². The standard InChI is InChI=1S/C14H11FN2/c1-9-16-13-6-5-11(8-14(13)17-9)10-3-2-4-12(15)7-10/h2-8H,1H3,(H,16,17). The number of fused-ring (bicyclic) bond motifs is 1. The van der Waals surface area contributed by atoms with Crippen molar-refractivity contribution in [1.82, 2.24) is 9.97 Å². The number of imidazole rings is 1. The van der Waals surface area contributed by atoms with Crippen molar-refractivity contribution >= 4 is 11.0 Å². The van der Waals surface area contributed by atoms with E-state index in [-0.39, 0.29) is 5.82 Å². The summed E-state index contributed by atoms with van der Waals surface area (Å²) in [6, 6.07) is 12.5. The van der Waals surface area contributed by atoms with Crippen LogP contribution in [0.1, 0.15) is 5.82 Å². The number of nitrogens with zero attached hydrogens (tertiary/aromatic N) is 1. The lowest BCUT2D eigenvalue weighted by atomic mass is 10.1. The summed E-state index contributed by atoms with van der Waals surface area (Å²) >= 11 is 0. The number of hydrogen-bond acceptors (Lipinski definition) is 1. The molecule has 2 nitrogen and oxygen atoms in total. The molecule has 1 N–H and O–H groups in total. The molecule has 0 fully saturated rings. The van der Waals surface area contributed by atoms with Gasteiger partial charge in [0.2, 0.25) is 0 Å². The summed E-state index contributed by atoms with van der Waals surface area (Å²) in [4.78, 5) is 7.54. The second-order valence-corrected chi connectivity index (χ2v) is 4.06. The number of aromatic amines is 1. The Morgan fingerprint density at radius 1 is 1.06 bits per heavy atom. The van der Waals surface area contributed by atoms with Crippen molar-refractivity contribution < 1.29 is 4.39 Å². The van der Waals surface area contributed by atoms with E-state index in [2.05, 4.69) is 9.97 Å². The molecule has 0 saturated heterocycles. The Labute approximate surface area is 98.1 Å². The highest BCUT2D eigenvalue weighted by atomic mass is 19.1. The molecule has 3 aromatic rings. The molecule has 0 radical (unpaired) electrons. The van der Waals surface area contributed by atoms with Crippen LogP contribution in [-0.2, 0) is 0 Å². The predicted octanol–water partition coefficient (Wildman–Crippen LogP) is 3.68. The third kappa shape index (κ3) is 1.80. The van der Waals surface area contributed by atoms with Crippen molar-refractivity contribution in [1.29, 1.82) is 0 Å². The number of nitrogens with one attached hydrogen (secondary N) is 1. The van der Waals surface area contributed by atoms with Gasteiger partial charge in [-0.2, -0.15) is 0 Å². The minimum atomic E-state index is -0.221. The largest absolute Gasteiger partial charge is 0.342 e. The van der Waals surface area contributed by atoms with E-state index in [9.17, 15) is 4.39 Å². The zero-order chi connectivity index (χ0) is 11.8. The maximum Gasteiger partial charge on any atom is 0.123 e. The van der Waals surface area contributed by atoms with E-state index in [1.54, 1.807) is 6.07 Å². The zero-order valence-corrected chi connectivity index (χ0v) is 9.37. The first-order valence-electron chi connectivity index (χ1n) is 5.45. The number of rotatable bonds is 1. The van der Waals surface area contributed by atoms with E-state index in [0.29, 0.717) is 0 Å². The van der Waals surface area contributed by atoms with E-state index < -0.39 is 0 Å². The van der Waals surface area contributed by atoms with Crippen molar-refractivity contribution in [2.75, 3.05) is 0 Å². The van der Waals surface area contributed by atoms with Crippen molar-refractivity contribution in [3.05, 3.63) is 54.1 Å². The lowest BCUT2D eigenvalue weighted by Crippen LogP contribution is -1.80. The van der Waals surface area contributed by atoms with Gasteiger partial charge in [-0.25, -0.2) is 9.37 Å². The molecular weight excluding hydrogens is 215 g/mol. The van der Waals surface area contributed by atoms with E-state index in [0.717, 1.165) is 28.0 Å². The number of hydrogen-bond donors (Lipinski definition) is 1. The van der Waals surface area contributed by atoms with Gasteiger partial charge in [-0.1, -0.05) is 18.2 Å². The summed E-state index contributed by atoms with van der Waals surface area (Å²) in [5.74, 6) is 0.664. The summed E-state index contributed by atoms with van der Waals surface area (Å²) < 4.78 is 13.1. The molecule has 2 aromatic carbocycles. The molecule has 84 valence electrons. The molecule has 3 heteroatoms. The number of H-pyrrole nitrogens is 1. The van der Waals surface area contributed by atoms with Crippen LogP contribution in [0.2, 0.25) is 0 Å². The first kappa shape index (κ1) is 10.0. The topological polar surface area (TPSA) is 28.7 Å². The number of aromatic nitrogens is 2. The van der Waals surface area contributed by atoms with Crippen LogP contribution in [0.3, 0.4) is 0 Å². The average molecular weight is 226 g/mol. The van der Waals surface area contributed by atoms with Gasteiger partial charge in [0.15, 0.2) is 0 Å². The van der Waals surface area contributed by atoms with Gasteiger partial charge in [-0.05, 0) is 42.3 Å². The minimum absolute atomic E-state index is 0.221. The summed E-state index contributed by atoms with van der Waals surface area (Å²) in [6.07, 6.45) is 0. The number of benzene rings is 2. The Morgan fingerprint density at radius 3 is 2.71 bits per heavy atom. The maximum atomic E-state index is 13.1. The Bertz CT molecular complexity index is 686. The van der Waals surface area contributed by atoms with Crippen LogP contribution < -0.4 is 0 Å². The van der Waals surface area contributed by atoms with Crippen molar-refractivity contribution in [2.24, 2.45) is 0 Å². The molecule has 0 aliphatic heterocycles.